The first-order valence-corrected chi connectivity index (χ1v) is 15.5. The zero-order valence-electron chi connectivity index (χ0n) is 24.8. The van der Waals surface area contributed by atoms with Crippen LogP contribution < -0.4 is 14.4 Å². The largest absolute Gasteiger partial charge is 0.497 e. The normalized spacial score (nSPS) is 12.3. The van der Waals surface area contributed by atoms with Crippen LogP contribution >= 0.6 is 0 Å². The van der Waals surface area contributed by atoms with Gasteiger partial charge in [0.05, 0.1) is 19.1 Å². The lowest BCUT2D eigenvalue weighted by atomic mass is 10.0. The lowest BCUT2D eigenvalue weighted by Crippen LogP contribution is -2.56. The summed E-state index contributed by atoms with van der Waals surface area (Å²) in [5.41, 5.74) is 2.52. The topological polar surface area (TPSA) is 96.0 Å². The SMILES string of the molecule is CCc1ccc(N(CC(=O)N(Cc2cccc(OC)c2)[C@@H](Cc2ccccc2)C(=O)NC(C)(C)C)S(C)(=O)=O)cc1. The molecule has 0 radical (unpaired) electrons. The van der Waals surface area contributed by atoms with Gasteiger partial charge in [0.2, 0.25) is 21.8 Å². The Bertz CT molecular complexity index is 1420. The van der Waals surface area contributed by atoms with E-state index in [1.54, 1.807) is 31.4 Å². The number of carbonyl (C=O) groups excluding carboxylic acids is 2. The molecule has 0 aliphatic rings. The van der Waals surface area contributed by atoms with Crippen LogP contribution in [0.1, 0.15) is 44.4 Å². The molecule has 1 N–H and O–H groups in total. The molecule has 3 aromatic rings. The van der Waals surface area contributed by atoms with E-state index in [-0.39, 0.29) is 18.9 Å². The molecule has 0 fully saturated rings. The fourth-order valence-electron chi connectivity index (χ4n) is 4.49. The molecule has 0 spiro atoms. The molecule has 9 heteroatoms. The fraction of sp³-hybridized carbons (Fsp3) is 0.375. The average Bonchev–Trinajstić information content (AvgIpc) is 2.92. The first-order chi connectivity index (χ1) is 19.3. The molecule has 0 aliphatic carbocycles. The second-order valence-corrected chi connectivity index (χ2v) is 13.0. The lowest BCUT2D eigenvalue weighted by molar-refractivity contribution is -0.140. The van der Waals surface area contributed by atoms with Gasteiger partial charge < -0.3 is 15.0 Å². The molecule has 2 amide bonds. The van der Waals surface area contributed by atoms with E-state index in [1.807, 2.05) is 82.3 Å². The van der Waals surface area contributed by atoms with Crippen LogP contribution in [-0.4, -0.2) is 56.6 Å². The summed E-state index contributed by atoms with van der Waals surface area (Å²) in [6.07, 6.45) is 2.13. The zero-order chi connectivity index (χ0) is 30.2. The van der Waals surface area contributed by atoms with Gasteiger partial charge in [0.25, 0.3) is 0 Å². The minimum absolute atomic E-state index is 0.0808. The Morgan fingerprint density at radius 3 is 2.10 bits per heavy atom. The van der Waals surface area contributed by atoms with Gasteiger partial charge in [0.15, 0.2) is 0 Å². The van der Waals surface area contributed by atoms with Crippen molar-refractivity contribution in [1.82, 2.24) is 10.2 Å². The van der Waals surface area contributed by atoms with E-state index in [0.29, 0.717) is 11.4 Å². The molecular weight excluding hydrogens is 538 g/mol. The van der Waals surface area contributed by atoms with Gasteiger partial charge in [-0.25, -0.2) is 8.42 Å². The predicted octanol–water partition coefficient (Wildman–Crippen LogP) is 4.58. The number of sulfonamides is 1. The molecule has 220 valence electrons. The van der Waals surface area contributed by atoms with E-state index < -0.39 is 34.1 Å². The maximum absolute atomic E-state index is 14.2. The highest BCUT2D eigenvalue weighted by atomic mass is 32.2. The van der Waals surface area contributed by atoms with E-state index in [4.69, 9.17) is 4.74 Å². The summed E-state index contributed by atoms with van der Waals surface area (Å²) in [7, 11) is -2.26. The first kappa shape index (κ1) is 31.7. The molecule has 0 saturated carbocycles. The Morgan fingerprint density at radius 1 is 0.902 bits per heavy atom. The molecule has 0 unspecified atom stereocenters. The number of carbonyl (C=O) groups is 2. The minimum atomic E-state index is -3.82. The number of aryl methyl sites for hydroxylation is 1. The number of anilines is 1. The van der Waals surface area contributed by atoms with Crippen molar-refractivity contribution in [2.24, 2.45) is 0 Å². The van der Waals surface area contributed by atoms with Gasteiger partial charge in [0.1, 0.15) is 18.3 Å². The molecular formula is C32H41N3O5S. The molecule has 0 aliphatic heterocycles. The summed E-state index contributed by atoms with van der Waals surface area (Å²) < 4.78 is 32.3. The second-order valence-electron chi connectivity index (χ2n) is 11.1. The van der Waals surface area contributed by atoms with E-state index in [1.165, 1.54) is 4.90 Å². The van der Waals surface area contributed by atoms with E-state index in [2.05, 4.69) is 5.32 Å². The van der Waals surface area contributed by atoms with Crippen LogP contribution in [0.5, 0.6) is 5.75 Å². The maximum atomic E-state index is 14.2. The third-order valence-corrected chi connectivity index (χ3v) is 7.71. The highest BCUT2D eigenvalue weighted by Crippen LogP contribution is 2.22. The van der Waals surface area contributed by atoms with E-state index in [9.17, 15) is 18.0 Å². The number of amides is 2. The molecule has 41 heavy (non-hydrogen) atoms. The van der Waals surface area contributed by atoms with Gasteiger partial charge in [-0.1, -0.05) is 61.5 Å². The van der Waals surface area contributed by atoms with Crippen LogP contribution in [0.2, 0.25) is 0 Å². The van der Waals surface area contributed by atoms with Gasteiger partial charge >= 0.3 is 0 Å². The van der Waals surface area contributed by atoms with Crippen molar-refractivity contribution in [1.29, 1.82) is 0 Å². The van der Waals surface area contributed by atoms with Gasteiger partial charge in [-0.05, 0) is 68.1 Å². The molecule has 0 aromatic heterocycles. The van der Waals surface area contributed by atoms with Crippen LogP contribution in [0, 0.1) is 0 Å². The number of nitrogens with zero attached hydrogens (tertiary/aromatic N) is 2. The van der Waals surface area contributed by atoms with Crippen LogP contribution in [-0.2, 0) is 39.0 Å². The van der Waals surface area contributed by atoms with Crippen molar-refractivity contribution in [3.63, 3.8) is 0 Å². The monoisotopic (exact) mass is 579 g/mol. The van der Waals surface area contributed by atoms with Crippen LogP contribution in [0.3, 0.4) is 0 Å². The van der Waals surface area contributed by atoms with Crippen molar-refractivity contribution in [3.8, 4) is 5.75 Å². The van der Waals surface area contributed by atoms with Gasteiger partial charge in [0, 0.05) is 18.5 Å². The molecule has 1 atom stereocenters. The number of methoxy groups -OCH3 is 1. The summed E-state index contributed by atoms with van der Waals surface area (Å²) in [6.45, 7) is 7.27. The first-order valence-electron chi connectivity index (χ1n) is 13.7. The van der Waals surface area contributed by atoms with Crippen molar-refractivity contribution < 1.29 is 22.7 Å². The molecule has 3 rings (SSSR count). The number of hydrogen-bond donors (Lipinski definition) is 1. The number of rotatable bonds is 12. The number of nitrogens with one attached hydrogen (secondary N) is 1. The summed E-state index contributed by atoms with van der Waals surface area (Å²) in [5.74, 6) is -0.207. The standard InChI is InChI=1S/C32H41N3O5S/c1-7-24-16-18-27(19-17-24)35(41(6,38)39)23-30(36)34(22-26-14-11-15-28(20-26)40-5)29(31(37)33-32(2,3)4)21-25-12-9-8-10-13-25/h8-20,29H,7,21-23H2,1-6H3,(H,33,37)/t29-/m0/s1. The molecule has 3 aromatic carbocycles. The Balaban J connectivity index is 2.08. The number of hydrogen-bond acceptors (Lipinski definition) is 5. The highest BCUT2D eigenvalue weighted by molar-refractivity contribution is 7.92. The van der Waals surface area contributed by atoms with Gasteiger partial charge in [-0.2, -0.15) is 0 Å². The fourth-order valence-corrected chi connectivity index (χ4v) is 5.34. The molecule has 0 heterocycles. The summed E-state index contributed by atoms with van der Waals surface area (Å²) >= 11 is 0. The zero-order valence-corrected chi connectivity index (χ0v) is 25.6. The van der Waals surface area contributed by atoms with Gasteiger partial charge in [-0.3, -0.25) is 13.9 Å². The Labute approximate surface area is 244 Å². The van der Waals surface area contributed by atoms with Gasteiger partial charge in [-0.15, -0.1) is 0 Å². The molecule has 8 nitrogen and oxygen atoms in total. The number of benzene rings is 3. The van der Waals surface area contributed by atoms with Crippen molar-refractivity contribution in [2.75, 3.05) is 24.2 Å². The van der Waals surface area contributed by atoms with Crippen molar-refractivity contribution >= 4 is 27.5 Å². The van der Waals surface area contributed by atoms with Crippen LogP contribution in [0.25, 0.3) is 0 Å². The van der Waals surface area contributed by atoms with E-state index in [0.717, 1.165) is 33.7 Å². The minimum Gasteiger partial charge on any atom is -0.497 e. The predicted molar refractivity (Wildman–Crippen MR) is 163 cm³/mol. The third kappa shape index (κ3) is 9.35. The highest BCUT2D eigenvalue weighted by Gasteiger charge is 2.34. The summed E-state index contributed by atoms with van der Waals surface area (Å²) in [5, 5.41) is 3.02. The average molecular weight is 580 g/mol. The Hall–Kier alpha value is -3.85. The van der Waals surface area contributed by atoms with Crippen LogP contribution in [0.15, 0.2) is 78.9 Å². The van der Waals surface area contributed by atoms with Crippen molar-refractivity contribution in [3.05, 3.63) is 95.6 Å². The maximum Gasteiger partial charge on any atom is 0.244 e. The Kier molecular flexibility index (Phi) is 10.6. The van der Waals surface area contributed by atoms with Crippen molar-refractivity contribution in [2.45, 2.75) is 58.7 Å². The quantitative estimate of drug-likeness (QED) is 0.339. The third-order valence-electron chi connectivity index (χ3n) is 6.57. The summed E-state index contributed by atoms with van der Waals surface area (Å²) in [6, 6.07) is 22.9. The second kappa shape index (κ2) is 13.7. The molecule has 0 saturated heterocycles. The molecule has 0 bridgehead atoms. The Morgan fingerprint density at radius 2 is 1.54 bits per heavy atom. The number of ether oxygens (including phenoxy) is 1. The lowest BCUT2D eigenvalue weighted by Gasteiger charge is -2.35. The van der Waals surface area contributed by atoms with Crippen LogP contribution in [0.4, 0.5) is 5.69 Å². The van der Waals surface area contributed by atoms with E-state index >= 15 is 0 Å². The summed E-state index contributed by atoms with van der Waals surface area (Å²) in [4.78, 5) is 29.4. The smallest absolute Gasteiger partial charge is 0.244 e.